The number of nitrogens with zero attached hydrogens (tertiary/aromatic N) is 1. The van der Waals surface area contributed by atoms with E-state index in [1.54, 1.807) is 36.5 Å². The lowest BCUT2D eigenvalue weighted by Gasteiger charge is -2.17. The fraction of sp³-hybridized carbons (Fsp3) is 0.154. The Labute approximate surface area is 221 Å². The van der Waals surface area contributed by atoms with Gasteiger partial charge in [0.2, 0.25) is 10.0 Å². The van der Waals surface area contributed by atoms with Gasteiger partial charge in [-0.1, -0.05) is 24.3 Å². The van der Waals surface area contributed by atoms with Crippen LogP contribution in [0.15, 0.2) is 76.4 Å². The van der Waals surface area contributed by atoms with Gasteiger partial charge in [-0.3, -0.25) is 9.78 Å². The first-order valence-corrected chi connectivity index (χ1v) is 13.6. The summed E-state index contributed by atoms with van der Waals surface area (Å²) in [5, 5.41) is 17.4. The topological polar surface area (TPSA) is 120 Å². The van der Waals surface area contributed by atoms with Crippen LogP contribution < -0.4 is 15.4 Å². The van der Waals surface area contributed by atoms with Gasteiger partial charge in [0.15, 0.2) is 0 Å². The molecule has 2 heterocycles. The van der Waals surface area contributed by atoms with Crippen LogP contribution in [0.2, 0.25) is 0 Å². The lowest BCUT2D eigenvalue weighted by molar-refractivity contribution is 0.0965. The van der Waals surface area contributed by atoms with Crippen LogP contribution in [0.3, 0.4) is 0 Å². The number of sulfonamides is 1. The number of rotatable bonds is 8. The number of benzene rings is 3. The fourth-order valence-electron chi connectivity index (χ4n) is 4.27. The first-order chi connectivity index (χ1) is 17.7. The molecule has 8 nitrogen and oxygen atoms in total. The van der Waals surface area contributed by atoms with Crippen molar-refractivity contribution in [1.82, 2.24) is 15.0 Å². The van der Waals surface area contributed by atoms with Gasteiger partial charge in [-0.2, -0.15) is 0 Å². The molecule has 0 saturated heterocycles. The number of aromatic nitrogens is 1. The summed E-state index contributed by atoms with van der Waals surface area (Å²) in [5.41, 5.74) is 3.06. The van der Waals surface area contributed by atoms with Gasteiger partial charge in [-0.05, 0) is 63.0 Å². The quantitative estimate of drug-likeness (QED) is 0.248. The Hall–Kier alpha value is -3.38. The third-order valence-corrected chi connectivity index (χ3v) is 8.51. The van der Waals surface area contributed by atoms with E-state index in [2.05, 4.69) is 36.3 Å². The molecule has 4 aromatic rings. The monoisotopic (exact) mass is 584 g/mol. The standard InChI is InChI=1S/C26H22BrFN4O4S/c27-25-18(2-1-3-21(25)28)23(33)14-30-22-6-7-24(17-8-9-29-13-20(17)22)37(35,36)32-11-15-4-5-16-12-31-26(34)19(16)10-15/h1-10,13,23,30,32-33H,11-12,14H2,(H,31,34). The Morgan fingerprint density at radius 1 is 1.14 bits per heavy atom. The van der Waals surface area contributed by atoms with Gasteiger partial charge in [0.25, 0.3) is 5.91 Å². The summed E-state index contributed by atoms with van der Waals surface area (Å²) in [6, 6.07) is 14.4. The Morgan fingerprint density at radius 2 is 1.97 bits per heavy atom. The molecule has 1 amide bonds. The largest absolute Gasteiger partial charge is 0.387 e. The molecule has 37 heavy (non-hydrogen) atoms. The smallest absolute Gasteiger partial charge is 0.251 e. The highest BCUT2D eigenvalue weighted by Gasteiger charge is 2.22. The van der Waals surface area contributed by atoms with E-state index in [0.717, 1.165) is 5.56 Å². The van der Waals surface area contributed by atoms with Crippen molar-refractivity contribution in [2.45, 2.75) is 24.1 Å². The molecule has 0 fully saturated rings. The number of carbonyl (C=O) groups excluding carboxylic acids is 1. The van der Waals surface area contributed by atoms with Crippen molar-refractivity contribution in [3.63, 3.8) is 0 Å². The maximum absolute atomic E-state index is 13.8. The van der Waals surface area contributed by atoms with Gasteiger partial charge in [-0.15, -0.1) is 0 Å². The summed E-state index contributed by atoms with van der Waals surface area (Å²) in [6.45, 7) is 0.545. The van der Waals surface area contributed by atoms with Crippen molar-refractivity contribution in [2.24, 2.45) is 0 Å². The number of amides is 1. The number of fused-ring (bicyclic) bond motifs is 2. The van der Waals surface area contributed by atoms with Crippen LogP contribution in [-0.4, -0.2) is 31.0 Å². The maximum Gasteiger partial charge on any atom is 0.251 e. The van der Waals surface area contributed by atoms with Crippen LogP contribution in [0.25, 0.3) is 10.8 Å². The van der Waals surface area contributed by atoms with Gasteiger partial charge in [-0.25, -0.2) is 17.5 Å². The molecule has 1 aliphatic rings. The zero-order valence-corrected chi connectivity index (χ0v) is 21.7. The average Bonchev–Trinajstić information content (AvgIpc) is 3.27. The zero-order valence-electron chi connectivity index (χ0n) is 19.3. The third-order valence-electron chi connectivity index (χ3n) is 6.22. The molecule has 0 radical (unpaired) electrons. The van der Waals surface area contributed by atoms with Crippen LogP contribution in [0.5, 0.6) is 0 Å². The van der Waals surface area contributed by atoms with E-state index >= 15 is 0 Å². The predicted molar refractivity (Wildman–Crippen MR) is 141 cm³/mol. The molecule has 0 bridgehead atoms. The van der Waals surface area contributed by atoms with Gasteiger partial charge >= 0.3 is 0 Å². The van der Waals surface area contributed by atoms with Crippen LogP contribution in [0.4, 0.5) is 10.1 Å². The van der Waals surface area contributed by atoms with Crippen molar-refractivity contribution in [3.05, 3.63) is 99.5 Å². The molecule has 1 aromatic heterocycles. The fourth-order valence-corrected chi connectivity index (χ4v) is 6.03. The number of nitrogens with one attached hydrogen (secondary N) is 3. The minimum absolute atomic E-state index is 0.0180. The molecule has 1 unspecified atom stereocenters. The van der Waals surface area contributed by atoms with Crippen LogP contribution >= 0.6 is 15.9 Å². The second-order valence-electron chi connectivity index (χ2n) is 8.57. The maximum atomic E-state index is 13.8. The van der Waals surface area contributed by atoms with E-state index in [1.165, 1.54) is 24.4 Å². The van der Waals surface area contributed by atoms with Gasteiger partial charge in [0, 0.05) is 54.1 Å². The molecule has 0 aliphatic carbocycles. The van der Waals surface area contributed by atoms with Crippen molar-refractivity contribution in [2.75, 3.05) is 11.9 Å². The number of hydrogen-bond acceptors (Lipinski definition) is 6. The third kappa shape index (κ3) is 5.08. The molecule has 11 heteroatoms. The second-order valence-corrected chi connectivity index (χ2v) is 11.1. The Morgan fingerprint density at radius 3 is 2.81 bits per heavy atom. The number of carbonyl (C=O) groups is 1. The lowest BCUT2D eigenvalue weighted by Crippen LogP contribution is -2.24. The molecule has 5 rings (SSSR count). The molecule has 4 N–H and O–H groups in total. The lowest BCUT2D eigenvalue weighted by atomic mass is 10.1. The number of halogens is 2. The van der Waals surface area contributed by atoms with Crippen LogP contribution in [0.1, 0.15) is 33.2 Å². The van der Waals surface area contributed by atoms with Crippen molar-refractivity contribution < 1.29 is 22.7 Å². The van der Waals surface area contributed by atoms with Gasteiger partial charge in [0.05, 0.1) is 15.5 Å². The summed E-state index contributed by atoms with van der Waals surface area (Å²) in [5.74, 6) is -0.646. The average molecular weight is 585 g/mol. The molecule has 0 spiro atoms. The first-order valence-electron chi connectivity index (χ1n) is 11.4. The summed E-state index contributed by atoms with van der Waals surface area (Å²) in [4.78, 5) is 16.1. The zero-order chi connectivity index (χ0) is 26.2. The van der Waals surface area contributed by atoms with Crippen molar-refractivity contribution in [1.29, 1.82) is 0 Å². The van der Waals surface area contributed by atoms with E-state index in [0.29, 0.717) is 39.7 Å². The summed E-state index contributed by atoms with van der Waals surface area (Å²) in [6.07, 6.45) is 2.03. The normalized spacial score (nSPS) is 13.9. The summed E-state index contributed by atoms with van der Waals surface area (Å²) < 4.78 is 43.1. The van der Waals surface area contributed by atoms with Gasteiger partial charge in [0.1, 0.15) is 5.82 Å². The van der Waals surface area contributed by atoms with E-state index in [1.807, 2.05) is 6.07 Å². The molecular formula is C26H22BrFN4O4S. The molecule has 0 saturated carbocycles. The Balaban J connectivity index is 1.36. The predicted octanol–water partition coefficient (Wildman–Crippen LogP) is 4.00. The number of pyridine rings is 1. The van der Waals surface area contributed by atoms with Gasteiger partial charge < -0.3 is 15.7 Å². The highest BCUT2D eigenvalue weighted by atomic mass is 79.9. The first kappa shape index (κ1) is 25.3. The number of anilines is 1. The molecule has 190 valence electrons. The SMILES string of the molecule is O=C1NCc2ccc(CNS(=O)(=O)c3ccc(NCC(O)c4cccc(F)c4Br)c4cnccc34)cc21. The number of aliphatic hydroxyl groups is 1. The summed E-state index contributed by atoms with van der Waals surface area (Å²) in [7, 11) is -3.92. The van der Waals surface area contributed by atoms with Crippen LogP contribution in [0, 0.1) is 5.82 Å². The van der Waals surface area contributed by atoms with E-state index < -0.39 is 21.9 Å². The Kier molecular flexibility index (Phi) is 6.95. The van der Waals surface area contributed by atoms with E-state index in [9.17, 15) is 22.7 Å². The Bertz CT molecular complexity index is 1630. The molecular weight excluding hydrogens is 563 g/mol. The van der Waals surface area contributed by atoms with E-state index in [4.69, 9.17) is 0 Å². The molecule has 1 atom stereocenters. The highest BCUT2D eigenvalue weighted by molar-refractivity contribution is 9.10. The van der Waals surface area contributed by atoms with E-state index in [-0.39, 0.29) is 28.4 Å². The number of hydrogen-bond donors (Lipinski definition) is 4. The molecule has 3 aromatic carbocycles. The molecule has 1 aliphatic heterocycles. The number of aliphatic hydroxyl groups excluding tert-OH is 1. The highest BCUT2D eigenvalue weighted by Crippen LogP contribution is 2.31. The minimum Gasteiger partial charge on any atom is -0.387 e. The summed E-state index contributed by atoms with van der Waals surface area (Å²) >= 11 is 3.16. The second kappa shape index (κ2) is 10.2. The van der Waals surface area contributed by atoms with Crippen molar-refractivity contribution >= 4 is 48.3 Å². The van der Waals surface area contributed by atoms with Crippen molar-refractivity contribution in [3.8, 4) is 0 Å². The van der Waals surface area contributed by atoms with Crippen LogP contribution in [-0.2, 0) is 23.1 Å². The minimum atomic E-state index is -3.92.